The highest BCUT2D eigenvalue weighted by molar-refractivity contribution is 5.77. The van der Waals surface area contributed by atoms with E-state index < -0.39 is 0 Å². The fourth-order valence-electron chi connectivity index (χ4n) is 2.64. The van der Waals surface area contributed by atoms with Crippen LogP contribution in [0.5, 0.6) is 0 Å². The Labute approximate surface area is 121 Å². The summed E-state index contributed by atoms with van der Waals surface area (Å²) in [4.78, 5) is 11.8. The molecule has 0 aromatic heterocycles. The van der Waals surface area contributed by atoms with E-state index >= 15 is 0 Å². The molecule has 0 bridgehead atoms. The first-order valence-corrected chi connectivity index (χ1v) is 7.70. The summed E-state index contributed by atoms with van der Waals surface area (Å²) in [5, 5.41) is 2.95. The van der Waals surface area contributed by atoms with Crippen LogP contribution in [0.4, 0.5) is 0 Å². The molecule has 1 heterocycles. The van der Waals surface area contributed by atoms with Gasteiger partial charge in [0.25, 0.3) is 0 Å². The normalized spacial score (nSPS) is 24.2. The first kappa shape index (κ1) is 15.7. The molecule has 5 nitrogen and oxygen atoms in total. The van der Waals surface area contributed by atoms with Gasteiger partial charge in [0.15, 0.2) is 5.79 Å². The van der Waals surface area contributed by atoms with Crippen LogP contribution in [-0.2, 0) is 19.0 Å². The fraction of sp³-hybridized carbons (Fsp3) is 0.933. The Hall–Kier alpha value is -0.650. The van der Waals surface area contributed by atoms with Gasteiger partial charge in [0.2, 0.25) is 5.91 Å². The van der Waals surface area contributed by atoms with E-state index in [0.717, 1.165) is 25.7 Å². The third-order valence-electron chi connectivity index (χ3n) is 4.35. The van der Waals surface area contributed by atoms with Crippen molar-refractivity contribution in [2.24, 2.45) is 5.92 Å². The lowest BCUT2D eigenvalue weighted by atomic mass is 9.92. The Morgan fingerprint density at radius 2 is 1.85 bits per heavy atom. The van der Waals surface area contributed by atoms with Gasteiger partial charge in [-0.3, -0.25) is 4.79 Å². The topological polar surface area (TPSA) is 56.8 Å². The van der Waals surface area contributed by atoms with Crippen LogP contribution in [0.25, 0.3) is 0 Å². The molecular formula is C15H27NO4. The fourth-order valence-corrected chi connectivity index (χ4v) is 2.64. The van der Waals surface area contributed by atoms with E-state index in [9.17, 15) is 4.79 Å². The zero-order valence-electron chi connectivity index (χ0n) is 12.8. The number of carbonyl (C=O) groups excluding carboxylic acids is 1. The number of carbonyl (C=O) groups is 1. The average molecular weight is 285 g/mol. The molecule has 5 heteroatoms. The van der Waals surface area contributed by atoms with Gasteiger partial charge < -0.3 is 19.5 Å². The summed E-state index contributed by atoms with van der Waals surface area (Å²) in [6, 6.07) is 0.181. The molecular weight excluding hydrogens is 258 g/mol. The van der Waals surface area contributed by atoms with Gasteiger partial charge in [-0.05, 0) is 25.7 Å². The Kier molecular flexibility index (Phi) is 5.41. The molecule has 1 aliphatic heterocycles. The van der Waals surface area contributed by atoms with E-state index in [2.05, 4.69) is 19.2 Å². The third-order valence-corrected chi connectivity index (χ3v) is 4.35. The van der Waals surface area contributed by atoms with Crippen molar-refractivity contribution in [1.29, 1.82) is 0 Å². The summed E-state index contributed by atoms with van der Waals surface area (Å²) in [7, 11) is 0. The van der Waals surface area contributed by atoms with Crippen molar-refractivity contribution < 1.29 is 19.0 Å². The Morgan fingerprint density at radius 3 is 2.40 bits per heavy atom. The van der Waals surface area contributed by atoms with E-state index in [-0.39, 0.29) is 30.4 Å². The second kappa shape index (κ2) is 6.87. The highest BCUT2D eigenvalue weighted by Crippen LogP contribution is 2.36. The largest absolute Gasteiger partial charge is 0.368 e. The minimum Gasteiger partial charge on any atom is -0.368 e. The summed E-state index contributed by atoms with van der Waals surface area (Å²) in [6.45, 7) is 7.74. The molecule has 2 rings (SSSR count). The van der Waals surface area contributed by atoms with Gasteiger partial charge in [-0.25, -0.2) is 0 Å². The van der Waals surface area contributed by atoms with Crippen molar-refractivity contribution in [3.8, 4) is 0 Å². The lowest BCUT2D eigenvalue weighted by molar-refractivity contribution is -0.191. The molecule has 116 valence electrons. The molecule has 1 unspecified atom stereocenters. The predicted octanol–water partition coefficient (Wildman–Crippen LogP) is 1.85. The highest BCUT2D eigenvalue weighted by Gasteiger charge is 2.40. The first-order valence-electron chi connectivity index (χ1n) is 7.70. The lowest BCUT2D eigenvalue weighted by Gasteiger charge is -2.35. The monoisotopic (exact) mass is 285 g/mol. The molecule has 20 heavy (non-hydrogen) atoms. The van der Waals surface area contributed by atoms with Crippen LogP contribution in [0.1, 0.15) is 46.5 Å². The van der Waals surface area contributed by atoms with Crippen LogP contribution in [0.2, 0.25) is 0 Å². The molecule has 2 fully saturated rings. The van der Waals surface area contributed by atoms with Crippen LogP contribution >= 0.6 is 0 Å². The first-order chi connectivity index (χ1) is 9.51. The SMILES string of the molecule is CC(C)C(C)NC(=O)COC1CCC2(CC1)OCCO2. The number of nitrogens with one attached hydrogen (secondary N) is 1. The molecule has 0 aromatic rings. The van der Waals surface area contributed by atoms with E-state index in [1.54, 1.807) is 0 Å². The van der Waals surface area contributed by atoms with Gasteiger partial charge in [0, 0.05) is 18.9 Å². The van der Waals surface area contributed by atoms with Crippen molar-refractivity contribution in [2.45, 2.75) is 64.4 Å². The number of ether oxygens (including phenoxy) is 3. The highest BCUT2D eigenvalue weighted by atomic mass is 16.7. The summed E-state index contributed by atoms with van der Waals surface area (Å²) >= 11 is 0. The standard InChI is InChI=1S/C15H27NO4/c1-11(2)12(3)16-14(17)10-18-13-4-6-15(7-5-13)19-8-9-20-15/h11-13H,4-10H2,1-3H3,(H,16,17). The minimum atomic E-state index is -0.353. The molecule has 1 saturated heterocycles. The number of rotatable bonds is 5. The second-order valence-corrected chi connectivity index (χ2v) is 6.22. The number of amides is 1. The van der Waals surface area contributed by atoms with Crippen molar-refractivity contribution in [1.82, 2.24) is 5.32 Å². The zero-order valence-corrected chi connectivity index (χ0v) is 12.8. The van der Waals surface area contributed by atoms with Gasteiger partial charge >= 0.3 is 0 Å². The quantitative estimate of drug-likeness (QED) is 0.837. The minimum absolute atomic E-state index is 0.0279. The van der Waals surface area contributed by atoms with Crippen molar-refractivity contribution >= 4 is 5.91 Å². The predicted molar refractivity (Wildman–Crippen MR) is 75.3 cm³/mol. The van der Waals surface area contributed by atoms with Gasteiger partial charge in [0.1, 0.15) is 6.61 Å². The van der Waals surface area contributed by atoms with E-state index in [1.165, 1.54) is 0 Å². The maximum atomic E-state index is 11.8. The molecule has 1 N–H and O–H groups in total. The van der Waals surface area contributed by atoms with Gasteiger partial charge in [-0.2, -0.15) is 0 Å². The summed E-state index contributed by atoms with van der Waals surface area (Å²) in [5.41, 5.74) is 0. The van der Waals surface area contributed by atoms with E-state index in [1.807, 2.05) is 6.92 Å². The molecule has 0 aromatic carbocycles. The zero-order chi connectivity index (χ0) is 14.6. The summed E-state index contributed by atoms with van der Waals surface area (Å²) in [6.07, 6.45) is 3.66. The van der Waals surface area contributed by atoms with Crippen LogP contribution in [0.3, 0.4) is 0 Å². The molecule has 1 spiro atoms. The van der Waals surface area contributed by atoms with Gasteiger partial charge in [-0.15, -0.1) is 0 Å². The molecule has 1 saturated carbocycles. The number of hydrogen-bond donors (Lipinski definition) is 1. The Bertz CT molecular complexity index is 316. The smallest absolute Gasteiger partial charge is 0.246 e. The van der Waals surface area contributed by atoms with Crippen LogP contribution in [-0.4, -0.2) is 43.7 Å². The van der Waals surface area contributed by atoms with Crippen molar-refractivity contribution in [2.75, 3.05) is 19.8 Å². The number of hydrogen-bond acceptors (Lipinski definition) is 4. The molecule has 2 aliphatic rings. The molecule has 1 aliphatic carbocycles. The maximum Gasteiger partial charge on any atom is 0.246 e. The molecule has 1 atom stereocenters. The lowest BCUT2D eigenvalue weighted by Crippen LogP contribution is -2.41. The van der Waals surface area contributed by atoms with E-state index in [4.69, 9.17) is 14.2 Å². The van der Waals surface area contributed by atoms with Crippen LogP contribution in [0.15, 0.2) is 0 Å². The second-order valence-electron chi connectivity index (χ2n) is 6.22. The summed E-state index contributed by atoms with van der Waals surface area (Å²) in [5.74, 6) is 0.0545. The van der Waals surface area contributed by atoms with Crippen molar-refractivity contribution in [3.05, 3.63) is 0 Å². The maximum absolute atomic E-state index is 11.8. The Balaban J connectivity index is 1.64. The van der Waals surface area contributed by atoms with Crippen LogP contribution < -0.4 is 5.32 Å². The Morgan fingerprint density at radius 1 is 1.25 bits per heavy atom. The molecule has 1 amide bonds. The van der Waals surface area contributed by atoms with Crippen LogP contribution in [0, 0.1) is 5.92 Å². The van der Waals surface area contributed by atoms with Crippen molar-refractivity contribution in [3.63, 3.8) is 0 Å². The average Bonchev–Trinajstić information content (AvgIpc) is 2.86. The van der Waals surface area contributed by atoms with Gasteiger partial charge in [0.05, 0.1) is 19.3 Å². The summed E-state index contributed by atoms with van der Waals surface area (Å²) < 4.78 is 17.1. The molecule has 0 radical (unpaired) electrons. The van der Waals surface area contributed by atoms with Gasteiger partial charge in [-0.1, -0.05) is 13.8 Å². The van der Waals surface area contributed by atoms with E-state index in [0.29, 0.717) is 19.1 Å². The third kappa shape index (κ3) is 4.17.